The average molecular weight is 223 g/mol. The Bertz CT molecular complexity index is 355. The van der Waals surface area contributed by atoms with Crippen molar-refractivity contribution < 1.29 is 9.13 Å². The van der Waals surface area contributed by atoms with Crippen LogP contribution in [-0.4, -0.2) is 11.1 Å². The Hall–Kier alpha value is -1.12. The number of halogens is 1. The van der Waals surface area contributed by atoms with Gasteiger partial charge in [0.05, 0.1) is 6.10 Å². The van der Waals surface area contributed by atoms with Gasteiger partial charge in [0.2, 0.25) is 5.95 Å². The van der Waals surface area contributed by atoms with E-state index in [-0.39, 0.29) is 6.10 Å². The first-order valence-corrected chi connectivity index (χ1v) is 5.83. The topological polar surface area (TPSA) is 22.1 Å². The van der Waals surface area contributed by atoms with E-state index in [0.717, 1.165) is 12.8 Å². The second-order valence-electron chi connectivity index (χ2n) is 5.30. The molecule has 0 radical (unpaired) electrons. The van der Waals surface area contributed by atoms with Crippen LogP contribution in [0.4, 0.5) is 4.39 Å². The molecule has 1 heterocycles. The first-order chi connectivity index (χ1) is 7.55. The molecular formula is C13H18FNO. The van der Waals surface area contributed by atoms with Gasteiger partial charge in [0, 0.05) is 12.3 Å². The molecule has 0 spiro atoms. The van der Waals surface area contributed by atoms with Crippen LogP contribution in [0, 0.1) is 11.4 Å². The fourth-order valence-corrected chi connectivity index (χ4v) is 2.14. The van der Waals surface area contributed by atoms with Crippen molar-refractivity contribution >= 4 is 0 Å². The summed E-state index contributed by atoms with van der Waals surface area (Å²) in [4.78, 5) is 3.51. The van der Waals surface area contributed by atoms with Crippen LogP contribution in [0.2, 0.25) is 0 Å². The number of hydrogen-bond acceptors (Lipinski definition) is 2. The molecular weight excluding hydrogens is 205 g/mol. The van der Waals surface area contributed by atoms with E-state index in [0.29, 0.717) is 11.2 Å². The summed E-state index contributed by atoms with van der Waals surface area (Å²) >= 11 is 0. The van der Waals surface area contributed by atoms with E-state index in [1.807, 2.05) is 0 Å². The molecule has 1 fully saturated rings. The fraction of sp³-hybridized carbons (Fsp3) is 0.615. The van der Waals surface area contributed by atoms with Crippen molar-refractivity contribution in [2.45, 2.75) is 45.6 Å². The largest absolute Gasteiger partial charge is 0.490 e. The first kappa shape index (κ1) is 11.4. The minimum atomic E-state index is -0.478. The van der Waals surface area contributed by atoms with Crippen molar-refractivity contribution in [3.63, 3.8) is 0 Å². The Morgan fingerprint density at radius 3 is 2.69 bits per heavy atom. The number of ether oxygens (including phenoxy) is 1. The second-order valence-corrected chi connectivity index (χ2v) is 5.30. The van der Waals surface area contributed by atoms with Crippen molar-refractivity contribution in [3.05, 3.63) is 24.3 Å². The number of pyridine rings is 1. The SMILES string of the molecule is CC1(C)CCC(Oc2ccnc(F)c2)CC1. The van der Waals surface area contributed by atoms with Gasteiger partial charge in [-0.1, -0.05) is 13.8 Å². The molecule has 1 aliphatic carbocycles. The summed E-state index contributed by atoms with van der Waals surface area (Å²) < 4.78 is 18.6. The van der Waals surface area contributed by atoms with E-state index in [9.17, 15) is 4.39 Å². The maximum atomic E-state index is 12.9. The minimum Gasteiger partial charge on any atom is -0.490 e. The lowest BCUT2D eigenvalue weighted by molar-refractivity contribution is 0.0983. The van der Waals surface area contributed by atoms with Crippen LogP contribution < -0.4 is 4.74 Å². The molecule has 0 saturated heterocycles. The lowest BCUT2D eigenvalue weighted by Crippen LogP contribution is -2.28. The summed E-state index contributed by atoms with van der Waals surface area (Å²) in [5, 5.41) is 0. The van der Waals surface area contributed by atoms with Crippen molar-refractivity contribution in [1.29, 1.82) is 0 Å². The summed E-state index contributed by atoms with van der Waals surface area (Å²) in [6.07, 6.45) is 6.12. The molecule has 1 aromatic rings. The molecule has 1 aliphatic rings. The maximum absolute atomic E-state index is 12.9. The molecule has 3 heteroatoms. The van der Waals surface area contributed by atoms with Gasteiger partial charge in [-0.3, -0.25) is 0 Å². The molecule has 0 aromatic carbocycles. The summed E-state index contributed by atoms with van der Waals surface area (Å²) in [6, 6.07) is 3.06. The Kier molecular flexibility index (Phi) is 3.13. The quantitative estimate of drug-likeness (QED) is 0.715. The summed E-state index contributed by atoms with van der Waals surface area (Å²) in [7, 11) is 0. The Labute approximate surface area is 95.8 Å². The molecule has 0 N–H and O–H groups in total. The van der Waals surface area contributed by atoms with Crippen LogP contribution in [0.25, 0.3) is 0 Å². The van der Waals surface area contributed by atoms with Gasteiger partial charge in [-0.15, -0.1) is 0 Å². The highest BCUT2D eigenvalue weighted by Crippen LogP contribution is 2.36. The maximum Gasteiger partial charge on any atom is 0.216 e. The summed E-state index contributed by atoms with van der Waals surface area (Å²) in [6.45, 7) is 4.57. The lowest BCUT2D eigenvalue weighted by atomic mass is 9.76. The zero-order valence-electron chi connectivity index (χ0n) is 9.87. The van der Waals surface area contributed by atoms with Gasteiger partial charge in [0.1, 0.15) is 5.75 Å². The Balaban J connectivity index is 1.92. The van der Waals surface area contributed by atoms with E-state index in [1.165, 1.54) is 25.1 Å². The number of rotatable bonds is 2. The van der Waals surface area contributed by atoms with E-state index >= 15 is 0 Å². The predicted molar refractivity (Wildman–Crippen MR) is 60.9 cm³/mol. The van der Waals surface area contributed by atoms with Gasteiger partial charge >= 0.3 is 0 Å². The van der Waals surface area contributed by atoms with Crippen LogP contribution in [0.5, 0.6) is 5.75 Å². The molecule has 0 aliphatic heterocycles. The molecule has 0 amide bonds. The molecule has 16 heavy (non-hydrogen) atoms. The smallest absolute Gasteiger partial charge is 0.216 e. The van der Waals surface area contributed by atoms with E-state index < -0.39 is 5.95 Å². The van der Waals surface area contributed by atoms with Crippen molar-refractivity contribution in [2.24, 2.45) is 5.41 Å². The van der Waals surface area contributed by atoms with Crippen LogP contribution in [0.3, 0.4) is 0 Å². The summed E-state index contributed by atoms with van der Waals surface area (Å²) in [5.74, 6) is 0.117. The van der Waals surface area contributed by atoms with Gasteiger partial charge in [-0.05, 0) is 37.2 Å². The van der Waals surface area contributed by atoms with Gasteiger partial charge in [-0.2, -0.15) is 4.39 Å². The van der Waals surface area contributed by atoms with E-state index in [1.54, 1.807) is 6.07 Å². The zero-order chi connectivity index (χ0) is 11.6. The highest BCUT2D eigenvalue weighted by molar-refractivity contribution is 5.18. The molecule has 88 valence electrons. The van der Waals surface area contributed by atoms with E-state index in [4.69, 9.17) is 4.74 Å². The zero-order valence-corrected chi connectivity index (χ0v) is 9.87. The van der Waals surface area contributed by atoms with Crippen LogP contribution >= 0.6 is 0 Å². The second kappa shape index (κ2) is 4.40. The minimum absolute atomic E-state index is 0.231. The van der Waals surface area contributed by atoms with Crippen molar-refractivity contribution in [1.82, 2.24) is 4.98 Å². The molecule has 2 rings (SSSR count). The lowest BCUT2D eigenvalue weighted by Gasteiger charge is -2.34. The third-order valence-electron chi connectivity index (χ3n) is 3.29. The standard InChI is InChI=1S/C13H18FNO/c1-13(2)6-3-10(4-7-13)16-11-5-8-15-12(14)9-11/h5,8-10H,3-4,6-7H2,1-2H3. The predicted octanol–water partition coefficient (Wildman–Crippen LogP) is 3.57. The highest BCUT2D eigenvalue weighted by atomic mass is 19.1. The number of hydrogen-bond donors (Lipinski definition) is 0. The molecule has 0 bridgehead atoms. The molecule has 1 saturated carbocycles. The van der Waals surface area contributed by atoms with Crippen LogP contribution in [-0.2, 0) is 0 Å². The van der Waals surface area contributed by atoms with Crippen molar-refractivity contribution in [2.75, 3.05) is 0 Å². The highest BCUT2D eigenvalue weighted by Gasteiger charge is 2.27. The third kappa shape index (κ3) is 2.94. The van der Waals surface area contributed by atoms with Crippen LogP contribution in [0.1, 0.15) is 39.5 Å². The Morgan fingerprint density at radius 1 is 1.38 bits per heavy atom. The average Bonchev–Trinajstić information content (AvgIpc) is 2.21. The van der Waals surface area contributed by atoms with E-state index in [2.05, 4.69) is 18.8 Å². The Morgan fingerprint density at radius 2 is 2.06 bits per heavy atom. The van der Waals surface area contributed by atoms with Gasteiger partial charge < -0.3 is 4.74 Å². The monoisotopic (exact) mass is 223 g/mol. The summed E-state index contributed by atoms with van der Waals surface area (Å²) in [5.41, 5.74) is 0.434. The van der Waals surface area contributed by atoms with Crippen molar-refractivity contribution in [3.8, 4) is 5.75 Å². The van der Waals surface area contributed by atoms with Gasteiger partial charge in [-0.25, -0.2) is 4.98 Å². The van der Waals surface area contributed by atoms with Gasteiger partial charge in [0.25, 0.3) is 0 Å². The third-order valence-corrected chi connectivity index (χ3v) is 3.29. The molecule has 0 unspecified atom stereocenters. The fourth-order valence-electron chi connectivity index (χ4n) is 2.14. The first-order valence-electron chi connectivity index (χ1n) is 5.83. The normalized spacial score (nSPS) is 20.7. The molecule has 0 atom stereocenters. The number of aromatic nitrogens is 1. The number of nitrogens with zero attached hydrogens (tertiary/aromatic N) is 1. The van der Waals surface area contributed by atoms with Crippen LogP contribution in [0.15, 0.2) is 18.3 Å². The van der Waals surface area contributed by atoms with Gasteiger partial charge in [0.15, 0.2) is 0 Å². The molecule has 1 aromatic heterocycles. The molecule has 2 nitrogen and oxygen atoms in total.